The van der Waals surface area contributed by atoms with E-state index in [9.17, 15) is 0 Å². The van der Waals surface area contributed by atoms with Crippen molar-refractivity contribution in [3.05, 3.63) is 24.3 Å². The molecule has 2 aliphatic rings. The van der Waals surface area contributed by atoms with Crippen molar-refractivity contribution in [3.63, 3.8) is 0 Å². The van der Waals surface area contributed by atoms with Gasteiger partial charge in [-0.15, -0.1) is 0 Å². The van der Waals surface area contributed by atoms with Gasteiger partial charge in [-0.05, 0) is 0 Å². The molecule has 2 heterocycles. The number of hydrogen-bond donors (Lipinski definition) is 2. The summed E-state index contributed by atoms with van der Waals surface area (Å²) in [5, 5.41) is 0. The van der Waals surface area contributed by atoms with Gasteiger partial charge in [0, 0.05) is 0 Å². The Bertz CT molecular complexity index is 513. The average Bonchev–Trinajstić information content (AvgIpc) is 3.03. The van der Waals surface area contributed by atoms with E-state index in [0.29, 0.717) is 0 Å². The van der Waals surface area contributed by atoms with Crippen molar-refractivity contribution < 1.29 is 17.1 Å². The van der Waals surface area contributed by atoms with Crippen molar-refractivity contribution in [2.24, 2.45) is 9.98 Å². The molecule has 4 nitrogen and oxygen atoms in total. The van der Waals surface area contributed by atoms with E-state index in [1.165, 1.54) is 0 Å². The number of nitrogens with one attached hydrogen (secondary N) is 2. The summed E-state index contributed by atoms with van der Waals surface area (Å²) in [6, 6.07) is 0. The summed E-state index contributed by atoms with van der Waals surface area (Å²) < 4.78 is 7.58. The van der Waals surface area contributed by atoms with E-state index in [-0.39, 0.29) is 7.69 Å². The maximum absolute atomic E-state index is 5.07. The third-order valence-corrected chi connectivity index (χ3v) is 13.0. The van der Waals surface area contributed by atoms with Crippen LogP contribution < -0.4 is 7.60 Å². The van der Waals surface area contributed by atoms with Gasteiger partial charge in [-0.1, -0.05) is 0 Å². The van der Waals surface area contributed by atoms with Crippen molar-refractivity contribution in [1.29, 1.82) is 0 Å². The molecule has 2 aliphatic heterocycles. The van der Waals surface area contributed by atoms with E-state index in [1.54, 1.807) is 0 Å². The van der Waals surface area contributed by atoms with Crippen molar-refractivity contribution in [2.75, 3.05) is 13.1 Å². The third kappa shape index (κ3) is 3.32. The zero-order chi connectivity index (χ0) is 17.1. The summed E-state index contributed by atoms with van der Waals surface area (Å²) >= 11 is -3.02. The van der Waals surface area contributed by atoms with Gasteiger partial charge < -0.3 is 0 Å². The Labute approximate surface area is 145 Å². The zero-order valence-electron chi connectivity index (χ0n) is 15.5. The monoisotopic (exact) mass is 352 g/mol. The van der Waals surface area contributed by atoms with Gasteiger partial charge in [0.05, 0.1) is 0 Å². The van der Waals surface area contributed by atoms with Gasteiger partial charge in [0.15, 0.2) is 0 Å². The Morgan fingerprint density at radius 2 is 1.26 bits per heavy atom. The number of hydrogen-bond acceptors (Lipinski definition) is 4. The maximum atomic E-state index is 5.07. The normalized spacial score (nSPS) is 30.0. The van der Waals surface area contributed by atoms with Gasteiger partial charge in [0.1, 0.15) is 0 Å². The van der Waals surface area contributed by atoms with E-state index in [2.05, 4.69) is 73.4 Å². The molecule has 5 heteroatoms. The molecular formula is C18H32N4Ti. The van der Waals surface area contributed by atoms with Gasteiger partial charge in [-0.3, -0.25) is 0 Å². The Balaban J connectivity index is 2.56. The molecule has 0 radical (unpaired) electrons. The molecule has 0 bridgehead atoms. The summed E-state index contributed by atoms with van der Waals surface area (Å²) in [5.74, 6) is 0. The topological polar surface area (TPSA) is 48.8 Å². The van der Waals surface area contributed by atoms with Gasteiger partial charge in [-0.2, -0.15) is 0 Å². The van der Waals surface area contributed by atoms with Gasteiger partial charge in [0.25, 0.3) is 0 Å². The van der Waals surface area contributed by atoms with Crippen molar-refractivity contribution in [1.82, 2.24) is 7.60 Å². The zero-order valence-corrected chi connectivity index (χ0v) is 17.1. The van der Waals surface area contributed by atoms with Crippen LogP contribution in [-0.4, -0.2) is 32.2 Å². The standard InChI is InChI=1S/2C6H8N.2C3H8N.Ti/c2*1-5-3-4-6(2)7-5;2*1-2-3-4;/h2*3-4H,1-2H3;2*4H,2-3H2,1H3;/q;;2*-1;+2. The van der Waals surface area contributed by atoms with Crippen molar-refractivity contribution in [2.45, 2.75) is 62.1 Å². The summed E-state index contributed by atoms with van der Waals surface area (Å²) in [6.45, 7) is 15.2. The van der Waals surface area contributed by atoms with E-state index >= 15 is 0 Å². The molecule has 2 atom stereocenters. The summed E-state index contributed by atoms with van der Waals surface area (Å²) in [4.78, 5) is 10.1. The predicted octanol–water partition coefficient (Wildman–Crippen LogP) is 3.46. The molecule has 0 aromatic rings. The fourth-order valence-electron chi connectivity index (χ4n) is 3.78. The van der Waals surface area contributed by atoms with Crippen LogP contribution in [0.1, 0.15) is 54.4 Å². The SMILES string of the molecule is CCC[NH][Ti]([NH]CCC)([C]1(C)C=CC(C)=N1)[C]1(C)C=CC(C)=N1. The molecule has 0 aromatic heterocycles. The van der Waals surface area contributed by atoms with Crippen molar-refractivity contribution in [3.8, 4) is 0 Å². The first kappa shape index (κ1) is 18.8. The van der Waals surface area contributed by atoms with Crippen LogP contribution in [0.2, 0.25) is 0 Å². The van der Waals surface area contributed by atoms with Crippen LogP contribution in [0.3, 0.4) is 0 Å². The fraction of sp³-hybridized carbons (Fsp3) is 0.667. The number of allylic oxidation sites excluding steroid dienone is 2. The van der Waals surface area contributed by atoms with Crippen LogP contribution in [0, 0.1) is 0 Å². The molecule has 0 fully saturated rings. The second-order valence-corrected chi connectivity index (χ2v) is 13.7. The molecular weight excluding hydrogens is 320 g/mol. The summed E-state index contributed by atoms with van der Waals surface area (Å²) in [6.07, 6.45) is 11.2. The van der Waals surface area contributed by atoms with Crippen LogP contribution in [0.25, 0.3) is 0 Å². The average molecular weight is 352 g/mol. The molecule has 0 aromatic carbocycles. The first-order chi connectivity index (χ1) is 10.8. The molecule has 23 heavy (non-hydrogen) atoms. The van der Waals surface area contributed by atoms with Gasteiger partial charge >= 0.3 is 146 Å². The van der Waals surface area contributed by atoms with E-state index in [0.717, 1.165) is 37.4 Å². The minimum absolute atomic E-state index is 0.193. The summed E-state index contributed by atoms with van der Waals surface area (Å²) in [5.41, 5.74) is 2.23. The van der Waals surface area contributed by atoms with E-state index in [1.807, 2.05) is 0 Å². The van der Waals surface area contributed by atoms with Gasteiger partial charge in [0.2, 0.25) is 0 Å². The Morgan fingerprint density at radius 1 is 0.870 bits per heavy atom. The fourth-order valence-corrected chi connectivity index (χ4v) is 11.9. The molecule has 2 unspecified atom stereocenters. The molecule has 0 spiro atoms. The number of rotatable bonds is 8. The Morgan fingerprint density at radius 3 is 1.52 bits per heavy atom. The molecule has 0 saturated carbocycles. The van der Waals surface area contributed by atoms with Gasteiger partial charge in [-0.25, -0.2) is 0 Å². The van der Waals surface area contributed by atoms with Crippen LogP contribution in [0.15, 0.2) is 34.3 Å². The molecule has 2 N–H and O–H groups in total. The number of aliphatic imine (C=N–C) groups is 2. The van der Waals surface area contributed by atoms with Crippen molar-refractivity contribution >= 4 is 11.4 Å². The first-order valence-electron chi connectivity index (χ1n) is 8.84. The second-order valence-electron chi connectivity index (χ2n) is 7.07. The number of nitrogens with zero attached hydrogens (tertiary/aromatic N) is 2. The Hall–Kier alpha value is -0.546. The molecule has 2 rings (SSSR count). The second kappa shape index (κ2) is 7.14. The molecule has 0 aliphatic carbocycles. The molecule has 128 valence electrons. The van der Waals surface area contributed by atoms with Crippen LogP contribution in [-0.2, 0) is 17.1 Å². The molecule has 0 amide bonds. The Kier molecular flexibility index (Phi) is 5.83. The van der Waals surface area contributed by atoms with E-state index < -0.39 is 17.1 Å². The minimum atomic E-state index is -3.02. The quantitative estimate of drug-likeness (QED) is 0.657. The first-order valence-corrected chi connectivity index (χ1v) is 12.0. The van der Waals surface area contributed by atoms with Crippen LogP contribution >= 0.6 is 0 Å². The van der Waals surface area contributed by atoms with E-state index in [4.69, 9.17) is 9.98 Å². The molecule has 0 saturated heterocycles. The predicted molar refractivity (Wildman–Crippen MR) is 97.9 cm³/mol. The van der Waals surface area contributed by atoms with Crippen LogP contribution in [0.4, 0.5) is 0 Å². The van der Waals surface area contributed by atoms with Crippen LogP contribution in [0.5, 0.6) is 0 Å². The summed E-state index contributed by atoms with van der Waals surface area (Å²) in [7, 11) is 0. The third-order valence-electron chi connectivity index (χ3n) is 4.91.